The second kappa shape index (κ2) is 5.45. The fraction of sp³-hybridized carbons (Fsp3) is 0.833. The van der Waals surface area contributed by atoms with Crippen LogP contribution < -0.4 is 10.6 Å². The number of amides is 2. The van der Waals surface area contributed by atoms with Crippen molar-refractivity contribution in [2.24, 2.45) is 5.92 Å². The molecule has 3 heterocycles. The van der Waals surface area contributed by atoms with Crippen LogP contribution in [0.4, 0.5) is 0 Å². The molecule has 102 valence electrons. The second-order valence-electron chi connectivity index (χ2n) is 5.42. The van der Waals surface area contributed by atoms with Gasteiger partial charge in [0.1, 0.15) is 0 Å². The van der Waals surface area contributed by atoms with Crippen LogP contribution in [0.1, 0.15) is 25.7 Å². The summed E-state index contributed by atoms with van der Waals surface area (Å²) in [6.45, 7) is 2.19. The third-order valence-electron chi connectivity index (χ3n) is 4.16. The molecular formula is C12H20ClN3O2. The van der Waals surface area contributed by atoms with Crippen molar-refractivity contribution in [2.45, 2.75) is 37.8 Å². The van der Waals surface area contributed by atoms with Gasteiger partial charge in [0, 0.05) is 38.1 Å². The van der Waals surface area contributed by atoms with E-state index in [1.165, 1.54) is 12.8 Å². The highest BCUT2D eigenvalue weighted by atomic mass is 35.5. The van der Waals surface area contributed by atoms with Crippen molar-refractivity contribution in [2.75, 3.05) is 19.6 Å². The summed E-state index contributed by atoms with van der Waals surface area (Å²) < 4.78 is 0. The van der Waals surface area contributed by atoms with Crippen molar-refractivity contribution < 1.29 is 9.59 Å². The maximum absolute atomic E-state index is 12.3. The summed E-state index contributed by atoms with van der Waals surface area (Å²) in [6.07, 6.45) is 3.85. The molecule has 2 amide bonds. The zero-order valence-electron chi connectivity index (χ0n) is 10.4. The molecule has 0 saturated carbocycles. The quantitative estimate of drug-likeness (QED) is 0.701. The molecule has 0 aromatic heterocycles. The number of fused-ring (bicyclic) bond motifs is 2. The van der Waals surface area contributed by atoms with Gasteiger partial charge in [0.05, 0.1) is 5.92 Å². The Bertz CT molecular complexity index is 350. The van der Waals surface area contributed by atoms with Crippen molar-refractivity contribution in [3.63, 3.8) is 0 Å². The SMILES string of the molecule is Cl.O=C1CC(C(=O)N2CCC3CCC(C2)N3)CN1. The Labute approximate surface area is 113 Å². The van der Waals surface area contributed by atoms with Gasteiger partial charge in [-0.1, -0.05) is 0 Å². The lowest BCUT2D eigenvalue weighted by Crippen LogP contribution is -2.42. The molecule has 0 aliphatic carbocycles. The van der Waals surface area contributed by atoms with Crippen LogP contribution in [0.2, 0.25) is 0 Å². The number of carbonyl (C=O) groups is 2. The average Bonchev–Trinajstić information content (AvgIpc) is 2.84. The molecule has 18 heavy (non-hydrogen) atoms. The summed E-state index contributed by atoms with van der Waals surface area (Å²) >= 11 is 0. The third-order valence-corrected chi connectivity index (χ3v) is 4.16. The number of halogens is 1. The summed E-state index contributed by atoms with van der Waals surface area (Å²) in [5.41, 5.74) is 0. The van der Waals surface area contributed by atoms with Crippen LogP contribution in [0.5, 0.6) is 0 Å². The van der Waals surface area contributed by atoms with Crippen molar-refractivity contribution in [1.82, 2.24) is 15.5 Å². The fourth-order valence-corrected chi connectivity index (χ4v) is 3.18. The largest absolute Gasteiger partial charge is 0.355 e. The van der Waals surface area contributed by atoms with Gasteiger partial charge in [-0.05, 0) is 19.3 Å². The molecule has 3 aliphatic rings. The van der Waals surface area contributed by atoms with Gasteiger partial charge < -0.3 is 15.5 Å². The third kappa shape index (κ3) is 2.62. The minimum absolute atomic E-state index is 0. The molecule has 5 nitrogen and oxygen atoms in total. The predicted octanol–water partition coefficient (Wildman–Crippen LogP) is -0.103. The Hall–Kier alpha value is -0.810. The molecule has 2 N–H and O–H groups in total. The van der Waals surface area contributed by atoms with Gasteiger partial charge in [0.25, 0.3) is 0 Å². The van der Waals surface area contributed by atoms with Crippen molar-refractivity contribution in [1.29, 1.82) is 0 Å². The molecule has 6 heteroatoms. The number of hydrogen-bond acceptors (Lipinski definition) is 3. The van der Waals surface area contributed by atoms with Gasteiger partial charge in [-0.25, -0.2) is 0 Å². The van der Waals surface area contributed by atoms with Crippen LogP contribution in [0, 0.1) is 5.92 Å². The van der Waals surface area contributed by atoms with E-state index in [1.807, 2.05) is 4.90 Å². The van der Waals surface area contributed by atoms with Gasteiger partial charge in [0.2, 0.25) is 11.8 Å². The summed E-state index contributed by atoms with van der Waals surface area (Å²) in [5.74, 6) is 0.0506. The minimum Gasteiger partial charge on any atom is -0.355 e. The lowest BCUT2D eigenvalue weighted by molar-refractivity contribution is -0.136. The van der Waals surface area contributed by atoms with Crippen LogP contribution in [0.3, 0.4) is 0 Å². The first-order chi connectivity index (χ1) is 8.22. The van der Waals surface area contributed by atoms with E-state index in [1.54, 1.807) is 0 Å². The molecule has 2 bridgehead atoms. The highest BCUT2D eigenvalue weighted by Crippen LogP contribution is 2.22. The summed E-state index contributed by atoms with van der Waals surface area (Å²) in [4.78, 5) is 25.4. The standard InChI is InChI=1S/C12H19N3O2.ClH/c16-11-5-8(6-13-11)12(17)15-4-3-9-1-2-10(7-15)14-9;/h8-10,14H,1-7H2,(H,13,16);1H. The molecule has 3 atom stereocenters. The summed E-state index contributed by atoms with van der Waals surface area (Å²) in [7, 11) is 0. The van der Waals surface area contributed by atoms with E-state index in [4.69, 9.17) is 0 Å². The van der Waals surface area contributed by atoms with Crippen molar-refractivity contribution >= 4 is 24.2 Å². The van der Waals surface area contributed by atoms with Gasteiger partial charge in [-0.3, -0.25) is 9.59 Å². The number of carbonyl (C=O) groups excluding carboxylic acids is 2. The monoisotopic (exact) mass is 273 g/mol. The summed E-state index contributed by atoms with van der Waals surface area (Å²) in [6, 6.07) is 1.07. The Balaban J connectivity index is 0.00000120. The molecule has 3 saturated heterocycles. The molecule has 0 aromatic carbocycles. The number of rotatable bonds is 1. The highest BCUT2D eigenvalue weighted by molar-refractivity contribution is 5.89. The van der Waals surface area contributed by atoms with E-state index in [0.29, 0.717) is 25.0 Å². The minimum atomic E-state index is -0.126. The highest BCUT2D eigenvalue weighted by Gasteiger charge is 2.35. The molecule has 3 aliphatic heterocycles. The molecule has 3 rings (SSSR count). The first-order valence-electron chi connectivity index (χ1n) is 6.54. The second-order valence-corrected chi connectivity index (χ2v) is 5.42. The van der Waals surface area contributed by atoms with Crippen molar-refractivity contribution in [3.05, 3.63) is 0 Å². The number of nitrogens with zero attached hydrogens (tertiary/aromatic N) is 1. The molecule has 0 spiro atoms. The first-order valence-corrected chi connectivity index (χ1v) is 6.54. The predicted molar refractivity (Wildman–Crippen MR) is 69.5 cm³/mol. The Kier molecular flexibility index (Phi) is 4.12. The molecule has 3 unspecified atom stereocenters. The van der Waals surface area contributed by atoms with E-state index >= 15 is 0 Å². The molecular weight excluding hydrogens is 254 g/mol. The Morgan fingerprint density at radius 1 is 1.22 bits per heavy atom. The molecule has 3 fully saturated rings. The van der Waals surface area contributed by atoms with Gasteiger partial charge in [-0.2, -0.15) is 0 Å². The smallest absolute Gasteiger partial charge is 0.228 e. The van der Waals surface area contributed by atoms with Crippen LogP contribution in [0.25, 0.3) is 0 Å². The van der Waals surface area contributed by atoms with Crippen molar-refractivity contribution in [3.8, 4) is 0 Å². The van der Waals surface area contributed by atoms with Crippen LogP contribution in [-0.4, -0.2) is 48.4 Å². The first kappa shape index (κ1) is 13.6. The molecule has 0 radical (unpaired) electrons. The van der Waals surface area contributed by atoms with E-state index in [0.717, 1.165) is 19.5 Å². The fourth-order valence-electron chi connectivity index (χ4n) is 3.18. The number of nitrogens with one attached hydrogen (secondary N) is 2. The number of hydrogen-bond donors (Lipinski definition) is 2. The van der Waals surface area contributed by atoms with Gasteiger partial charge >= 0.3 is 0 Å². The van der Waals surface area contributed by atoms with E-state index in [2.05, 4.69) is 10.6 Å². The lowest BCUT2D eigenvalue weighted by atomic mass is 10.0. The van der Waals surface area contributed by atoms with Crippen LogP contribution in [-0.2, 0) is 9.59 Å². The zero-order valence-corrected chi connectivity index (χ0v) is 11.2. The zero-order chi connectivity index (χ0) is 11.8. The number of likely N-dealkylation sites (tertiary alicyclic amines) is 1. The Morgan fingerprint density at radius 3 is 2.72 bits per heavy atom. The summed E-state index contributed by atoms with van der Waals surface area (Å²) in [5, 5.41) is 6.30. The van der Waals surface area contributed by atoms with E-state index in [-0.39, 0.29) is 30.1 Å². The van der Waals surface area contributed by atoms with Crippen LogP contribution in [0.15, 0.2) is 0 Å². The van der Waals surface area contributed by atoms with Gasteiger partial charge in [-0.15, -0.1) is 12.4 Å². The maximum Gasteiger partial charge on any atom is 0.228 e. The average molecular weight is 274 g/mol. The normalized spacial score (nSPS) is 34.8. The van der Waals surface area contributed by atoms with E-state index < -0.39 is 0 Å². The van der Waals surface area contributed by atoms with E-state index in [9.17, 15) is 9.59 Å². The molecule has 0 aromatic rings. The lowest BCUT2D eigenvalue weighted by Gasteiger charge is -2.26. The van der Waals surface area contributed by atoms with Gasteiger partial charge in [0.15, 0.2) is 0 Å². The Morgan fingerprint density at radius 2 is 2.00 bits per heavy atom. The van der Waals surface area contributed by atoms with Crippen LogP contribution >= 0.6 is 12.4 Å². The topological polar surface area (TPSA) is 61.4 Å². The maximum atomic E-state index is 12.3.